The Balaban J connectivity index is 1.86. The highest BCUT2D eigenvalue weighted by atomic mass is 15.2. The van der Waals surface area contributed by atoms with E-state index in [0.717, 1.165) is 48.6 Å². The zero-order chi connectivity index (χ0) is 15.9. The van der Waals surface area contributed by atoms with Crippen LogP contribution in [0.25, 0.3) is 33.7 Å². The van der Waals surface area contributed by atoms with Crippen LogP contribution < -0.4 is 0 Å². The molecule has 0 unspecified atom stereocenters. The van der Waals surface area contributed by atoms with E-state index >= 15 is 0 Å². The molecule has 0 bridgehead atoms. The number of hydrogen-bond acceptors (Lipinski definition) is 2. The summed E-state index contributed by atoms with van der Waals surface area (Å²) >= 11 is 0. The van der Waals surface area contributed by atoms with Crippen molar-refractivity contribution in [3.8, 4) is 11.6 Å². The molecular weight excluding hydrogens is 296 g/mol. The number of nitrogens with zero attached hydrogens (tertiary/aromatic N) is 4. The third-order valence-electron chi connectivity index (χ3n) is 4.71. The molecule has 4 nitrogen and oxygen atoms in total. The highest BCUT2D eigenvalue weighted by Gasteiger charge is 2.19. The van der Waals surface area contributed by atoms with E-state index < -0.39 is 0 Å². The van der Waals surface area contributed by atoms with Gasteiger partial charge in [0, 0.05) is 13.1 Å². The van der Waals surface area contributed by atoms with E-state index in [1.165, 1.54) is 11.0 Å². The Bertz CT molecular complexity index is 982. The number of aromatic nitrogens is 4. The predicted molar refractivity (Wildman–Crippen MR) is 96.8 cm³/mol. The molecule has 1 aliphatic heterocycles. The van der Waals surface area contributed by atoms with Gasteiger partial charge in [-0.3, -0.25) is 0 Å². The number of para-hydroxylation sites is 4. The molecular formula is C20H18N4. The van der Waals surface area contributed by atoms with Gasteiger partial charge >= 0.3 is 0 Å². The maximum Gasteiger partial charge on any atom is 0.177 e. The van der Waals surface area contributed by atoms with Gasteiger partial charge in [0.05, 0.1) is 22.1 Å². The highest BCUT2D eigenvalue weighted by Crippen LogP contribution is 2.29. The van der Waals surface area contributed by atoms with Gasteiger partial charge in [-0.15, -0.1) is 0 Å². The predicted octanol–water partition coefficient (Wildman–Crippen LogP) is 4.40. The van der Waals surface area contributed by atoms with Gasteiger partial charge in [0.25, 0.3) is 0 Å². The lowest BCUT2D eigenvalue weighted by molar-refractivity contribution is 0.687. The molecule has 24 heavy (non-hydrogen) atoms. The molecule has 0 amide bonds. The Morgan fingerprint density at radius 1 is 0.625 bits per heavy atom. The van der Waals surface area contributed by atoms with E-state index in [1.54, 1.807) is 0 Å². The normalized spacial score (nSPS) is 16.0. The van der Waals surface area contributed by atoms with Crippen molar-refractivity contribution < 1.29 is 0 Å². The molecule has 0 fully saturated rings. The first-order chi connectivity index (χ1) is 11.9. The minimum Gasteiger partial charge on any atom is -0.321 e. The summed E-state index contributed by atoms with van der Waals surface area (Å²) in [4.78, 5) is 9.84. The van der Waals surface area contributed by atoms with Gasteiger partial charge in [0.1, 0.15) is 0 Å². The van der Waals surface area contributed by atoms with Gasteiger partial charge in [-0.2, -0.15) is 0 Å². The van der Waals surface area contributed by atoms with E-state index in [0.29, 0.717) is 0 Å². The van der Waals surface area contributed by atoms with Crippen LogP contribution in [0.4, 0.5) is 0 Å². The van der Waals surface area contributed by atoms with Crippen molar-refractivity contribution in [3.63, 3.8) is 0 Å². The highest BCUT2D eigenvalue weighted by molar-refractivity contribution is 5.83. The molecule has 118 valence electrons. The molecule has 0 aliphatic carbocycles. The number of allylic oxidation sites excluding steroid dienone is 2. The zero-order valence-electron chi connectivity index (χ0n) is 13.4. The summed E-state index contributed by atoms with van der Waals surface area (Å²) in [5.41, 5.74) is 4.43. The third-order valence-corrected chi connectivity index (χ3v) is 4.71. The van der Waals surface area contributed by atoms with Crippen LogP contribution in [-0.4, -0.2) is 19.1 Å². The molecule has 0 radical (unpaired) electrons. The van der Waals surface area contributed by atoms with Crippen LogP contribution in [0.1, 0.15) is 12.8 Å². The van der Waals surface area contributed by atoms with Crippen molar-refractivity contribution in [3.05, 3.63) is 60.7 Å². The zero-order valence-corrected chi connectivity index (χ0v) is 13.4. The summed E-state index contributed by atoms with van der Waals surface area (Å²) in [7, 11) is 0. The minimum atomic E-state index is 0.926. The smallest absolute Gasteiger partial charge is 0.177 e. The van der Waals surface area contributed by atoms with Gasteiger partial charge in [0.2, 0.25) is 0 Å². The summed E-state index contributed by atoms with van der Waals surface area (Å²) in [6.45, 7) is 1.85. The van der Waals surface area contributed by atoms with Crippen LogP contribution in [0.3, 0.4) is 0 Å². The number of imidazole rings is 2. The first-order valence-electron chi connectivity index (χ1n) is 8.48. The van der Waals surface area contributed by atoms with E-state index in [4.69, 9.17) is 9.97 Å². The summed E-state index contributed by atoms with van der Waals surface area (Å²) in [5, 5.41) is 0. The second kappa shape index (κ2) is 5.34. The topological polar surface area (TPSA) is 35.6 Å². The SMILES string of the molecule is C1=C/CCn2c(nc3ccccc32)-c2nc3ccccc3n2CC/1. The van der Waals surface area contributed by atoms with Crippen molar-refractivity contribution in [1.29, 1.82) is 0 Å². The van der Waals surface area contributed by atoms with E-state index in [9.17, 15) is 0 Å². The summed E-state index contributed by atoms with van der Waals surface area (Å²) in [6, 6.07) is 16.7. The molecule has 1 aliphatic rings. The number of rotatable bonds is 0. The Morgan fingerprint density at radius 3 is 1.58 bits per heavy atom. The summed E-state index contributed by atoms with van der Waals surface area (Å²) in [6.07, 6.45) is 6.60. The Hall–Kier alpha value is -2.88. The van der Waals surface area contributed by atoms with Crippen molar-refractivity contribution in [2.24, 2.45) is 0 Å². The fraction of sp³-hybridized carbons (Fsp3) is 0.200. The van der Waals surface area contributed by atoms with Gasteiger partial charge in [-0.1, -0.05) is 36.4 Å². The maximum absolute atomic E-state index is 4.92. The number of fused-ring (bicyclic) bond motifs is 7. The summed E-state index contributed by atoms with van der Waals surface area (Å²) < 4.78 is 4.62. The second-order valence-electron chi connectivity index (χ2n) is 6.20. The number of aryl methyl sites for hydroxylation is 2. The van der Waals surface area contributed by atoms with Crippen LogP contribution in [0.15, 0.2) is 60.7 Å². The standard InChI is InChI=1S/C20H18N4/c1-2-8-14-24-18-12-6-4-10-16(18)22-20(24)19-21-15-9-3-5-11-17(15)23(19)13-7-1/h1-6,9-12H,7-8,13-14H2/b2-1+. The van der Waals surface area contributed by atoms with Crippen molar-refractivity contribution >= 4 is 22.1 Å². The molecule has 0 atom stereocenters. The molecule has 4 heteroatoms. The van der Waals surface area contributed by atoms with E-state index in [1.807, 2.05) is 12.1 Å². The van der Waals surface area contributed by atoms with Crippen molar-refractivity contribution in [2.75, 3.05) is 0 Å². The van der Waals surface area contributed by atoms with Crippen LogP contribution >= 0.6 is 0 Å². The largest absolute Gasteiger partial charge is 0.321 e. The minimum absolute atomic E-state index is 0.926. The maximum atomic E-state index is 4.92. The number of benzene rings is 2. The second-order valence-corrected chi connectivity index (χ2v) is 6.20. The molecule has 0 saturated carbocycles. The summed E-state index contributed by atoms with van der Waals surface area (Å²) in [5.74, 6) is 1.95. The molecule has 2 aromatic heterocycles. The van der Waals surface area contributed by atoms with Crippen LogP contribution in [0.2, 0.25) is 0 Å². The van der Waals surface area contributed by atoms with Gasteiger partial charge in [-0.05, 0) is 37.1 Å². The fourth-order valence-corrected chi connectivity index (χ4v) is 3.59. The van der Waals surface area contributed by atoms with Crippen LogP contribution in [0, 0.1) is 0 Å². The molecule has 2 aromatic carbocycles. The molecule has 0 spiro atoms. The van der Waals surface area contributed by atoms with Gasteiger partial charge in [0.15, 0.2) is 11.6 Å². The lowest BCUT2D eigenvalue weighted by atomic mass is 10.2. The Morgan fingerprint density at radius 2 is 1.08 bits per heavy atom. The average Bonchev–Trinajstić information content (AvgIpc) is 3.17. The number of hydrogen-bond donors (Lipinski definition) is 0. The first kappa shape index (κ1) is 13.5. The van der Waals surface area contributed by atoms with Crippen LogP contribution in [0.5, 0.6) is 0 Å². The first-order valence-corrected chi connectivity index (χ1v) is 8.48. The quantitative estimate of drug-likeness (QED) is 0.451. The lowest BCUT2D eigenvalue weighted by Crippen LogP contribution is -2.07. The monoisotopic (exact) mass is 314 g/mol. The molecule has 0 N–H and O–H groups in total. The molecule has 4 aromatic rings. The average molecular weight is 314 g/mol. The molecule has 5 rings (SSSR count). The van der Waals surface area contributed by atoms with Crippen molar-refractivity contribution in [2.45, 2.75) is 25.9 Å². The third kappa shape index (κ3) is 1.99. The van der Waals surface area contributed by atoms with Crippen molar-refractivity contribution in [1.82, 2.24) is 19.1 Å². The fourth-order valence-electron chi connectivity index (χ4n) is 3.59. The Labute approximate surface area is 140 Å². The van der Waals surface area contributed by atoms with E-state index in [2.05, 4.69) is 57.7 Å². The van der Waals surface area contributed by atoms with Crippen LogP contribution in [-0.2, 0) is 13.1 Å². The Kier molecular flexibility index (Phi) is 3.01. The molecule has 3 heterocycles. The van der Waals surface area contributed by atoms with Gasteiger partial charge < -0.3 is 9.13 Å². The van der Waals surface area contributed by atoms with E-state index in [-0.39, 0.29) is 0 Å². The van der Waals surface area contributed by atoms with Gasteiger partial charge in [-0.25, -0.2) is 9.97 Å². The molecule has 0 saturated heterocycles. The lowest BCUT2D eigenvalue weighted by Gasteiger charge is -2.12.